The van der Waals surface area contributed by atoms with Crippen molar-refractivity contribution in [2.75, 3.05) is 12.4 Å². The standard InChI is InChI=1S/C20H17FN2O3/c1-13-10-15(6-8-18(13)26-16-4-3-9-22-12-16)23-20(24)17-11-14(21)5-7-19(17)25-2/h3-12H,1-2H3,(H,23,24). The van der Waals surface area contributed by atoms with Gasteiger partial charge in [-0.2, -0.15) is 0 Å². The number of pyridine rings is 1. The molecule has 0 atom stereocenters. The number of hydrogen-bond donors (Lipinski definition) is 1. The van der Waals surface area contributed by atoms with E-state index in [-0.39, 0.29) is 5.56 Å². The summed E-state index contributed by atoms with van der Waals surface area (Å²) in [6.07, 6.45) is 3.28. The van der Waals surface area contributed by atoms with Crippen molar-refractivity contribution in [3.63, 3.8) is 0 Å². The second-order valence-electron chi connectivity index (χ2n) is 5.57. The minimum atomic E-state index is -0.507. The van der Waals surface area contributed by atoms with Crippen LogP contribution >= 0.6 is 0 Å². The Morgan fingerprint density at radius 2 is 1.92 bits per heavy atom. The molecule has 3 rings (SSSR count). The summed E-state index contributed by atoms with van der Waals surface area (Å²) in [5, 5.41) is 2.74. The minimum Gasteiger partial charge on any atom is -0.496 e. The lowest BCUT2D eigenvalue weighted by Crippen LogP contribution is -2.13. The molecule has 0 saturated carbocycles. The lowest BCUT2D eigenvalue weighted by molar-refractivity contribution is 0.102. The number of amides is 1. The van der Waals surface area contributed by atoms with Gasteiger partial charge in [0.2, 0.25) is 0 Å². The number of ether oxygens (including phenoxy) is 2. The molecule has 0 aliphatic heterocycles. The monoisotopic (exact) mass is 352 g/mol. The molecule has 1 N–H and O–H groups in total. The fraction of sp³-hybridized carbons (Fsp3) is 0.100. The molecule has 0 saturated heterocycles. The van der Waals surface area contributed by atoms with Crippen LogP contribution in [0.3, 0.4) is 0 Å². The molecule has 5 nitrogen and oxygen atoms in total. The van der Waals surface area contributed by atoms with E-state index in [0.717, 1.165) is 11.6 Å². The van der Waals surface area contributed by atoms with Crippen molar-refractivity contribution < 1.29 is 18.7 Å². The van der Waals surface area contributed by atoms with E-state index in [1.54, 1.807) is 42.7 Å². The summed E-state index contributed by atoms with van der Waals surface area (Å²) < 4.78 is 24.3. The molecule has 0 aliphatic rings. The molecule has 0 spiro atoms. The molecular formula is C20H17FN2O3. The Balaban J connectivity index is 1.77. The molecule has 6 heteroatoms. The number of anilines is 1. The highest BCUT2D eigenvalue weighted by Gasteiger charge is 2.14. The van der Waals surface area contributed by atoms with Crippen molar-refractivity contribution >= 4 is 11.6 Å². The highest BCUT2D eigenvalue weighted by molar-refractivity contribution is 6.06. The van der Waals surface area contributed by atoms with E-state index in [9.17, 15) is 9.18 Å². The van der Waals surface area contributed by atoms with Crippen LogP contribution < -0.4 is 14.8 Å². The number of halogens is 1. The van der Waals surface area contributed by atoms with Crippen molar-refractivity contribution in [1.29, 1.82) is 0 Å². The smallest absolute Gasteiger partial charge is 0.259 e. The van der Waals surface area contributed by atoms with Crippen molar-refractivity contribution in [3.05, 3.63) is 77.9 Å². The topological polar surface area (TPSA) is 60.5 Å². The predicted molar refractivity (Wildman–Crippen MR) is 96.4 cm³/mol. The third kappa shape index (κ3) is 3.97. The maximum Gasteiger partial charge on any atom is 0.259 e. The maximum absolute atomic E-state index is 13.4. The van der Waals surface area contributed by atoms with E-state index in [1.807, 2.05) is 6.92 Å². The van der Waals surface area contributed by atoms with E-state index in [4.69, 9.17) is 9.47 Å². The Morgan fingerprint density at radius 3 is 2.62 bits per heavy atom. The highest BCUT2D eigenvalue weighted by Crippen LogP contribution is 2.27. The Labute approximate surface area is 150 Å². The van der Waals surface area contributed by atoms with Gasteiger partial charge in [0, 0.05) is 11.9 Å². The summed E-state index contributed by atoms with van der Waals surface area (Å²) in [6, 6.07) is 12.6. The molecule has 3 aromatic rings. The first-order valence-corrected chi connectivity index (χ1v) is 7.90. The second-order valence-corrected chi connectivity index (χ2v) is 5.57. The van der Waals surface area contributed by atoms with Gasteiger partial charge in [-0.05, 0) is 61.0 Å². The SMILES string of the molecule is COc1ccc(F)cc1C(=O)Nc1ccc(Oc2cccnc2)c(C)c1. The van der Waals surface area contributed by atoms with E-state index < -0.39 is 11.7 Å². The van der Waals surface area contributed by atoms with E-state index in [1.165, 1.54) is 19.2 Å². The number of aromatic nitrogens is 1. The van der Waals surface area contributed by atoms with E-state index in [2.05, 4.69) is 10.3 Å². The number of nitrogens with zero attached hydrogens (tertiary/aromatic N) is 1. The van der Waals surface area contributed by atoms with Gasteiger partial charge in [-0.3, -0.25) is 9.78 Å². The molecule has 0 aliphatic carbocycles. The van der Waals surface area contributed by atoms with Gasteiger partial charge in [-0.1, -0.05) is 0 Å². The molecule has 26 heavy (non-hydrogen) atoms. The number of methoxy groups -OCH3 is 1. The van der Waals surface area contributed by atoms with Gasteiger partial charge >= 0.3 is 0 Å². The van der Waals surface area contributed by atoms with Crippen LogP contribution in [0.25, 0.3) is 0 Å². The first kappa shape index (κ1) is 17.4. The molecule has 0 unspecified atom stereocenters. The Bertz CT molecular complexity index is 930. The summed E-state index contributed by atoms with van der Waals surface area (Å²) in [5.74, 6) is 0.613. The minimum absolute atomic E-state index is 0.126. The number of aryl methyl sites for hydroxylation is 1. The number of benzene rings is 2. The predicted octanol–water partition coefficient (Wildman–Crippen LogP) is 4.58. The number of rotatable bonds is 5. The van der Waals surface area contributed by atoms with Gasteiger partial charge in [0.25, 0.3) is 5.91 Å². The molecule has 0 fully saturated rings. The zero-order valence-electron chi connectivity index (χ0n) is 14.3. The van der Waals surface area contributed by atoms with Crippen molar-refractivity contribution in [2.24, 2.45) is 0 Å². The molecule has 2 aromatic carbocycles. The molecule has 1 amide bonds. The van der Waals surface area contributed by atoms with Crippen LogP contribution in [-0.2, 0) is 0 Å². The van der Waals surface area contributed by atoms with Crippen LogP contribution in [0.2, 0.25) is 0 Å². The summed E-state index contributed by atoms with van der Waals surface area (Å²) in [7, 11) is 1.43. The van der Waals surface area contributed by atoms with Crippen LogP contribution in [0.15, 0.2) is 60.9 Å². The van der Waals surface area contributed by atoms with Crippen LogP contribution in [0.4, 0.5) is 10.1 Å². The molecule has 0 radical (unpaired) electrons. The van der Waals surface area contributed by atoms with Gasteiger partial charge in [0.05, 0.1) is 18.9 Å². The largest absolute Gasteiger partial charge is 0.496 e. The van der Waals surface area contributed by atoms with Gasteiger partial charge < -0.3 is 14.8 Å². The van der Waals surface area contributed by atoms with Crippen LogP contribution in [-0.4, -0.2) is 18.0 Å². The quantitative estimate of drug-likeness (QED) is 0.730. The molecule has 0 bridgehead atoms. The Kier molecular flexibility index (Phi) is 5.12. The van der Waals surface area contributed by atoms with Gasteiger partial charge in [0.15, 0.2) is 0 Å². The Morgan fingerprint density at radius 1 is 1.12 bits per heavy atom. The summed E-state index contributed by atoms with van der Waals surface area (Å²) in [6.45, 7) is 1.87. The van der Waals surface area contributed by atoms with Crippen molar-refractivity contribution in [2.45, 2.75) is 6.92 Å². The van der Waals surface area contributed by atoms with Crippen molar-refractivity contribution in [3.8, 4) is 17.2 Å². The number of nitrogens with one attached hydrogen (secondary N) is 1. The molecular weight excluding hydrogens is 335 g/mol. The average molecular weight is 352 g/mol. The third-order valence-electron chi connectivity index (χ3n) is 3.70. The van der Waals surface area contributed by atoms with Crippen LogP contribution in [0.1, 0.15) is 15.9 Å². The van der Waals surface area contributed by atoms with Crippen molar-refractivity contribution in [1.82, 2.24) is 4.98 Å². The third-order valence-corrected chi connectivity index (χ3v) is 3.70. The maximum atomic E-state index is 13.4. The van der Waals surface area contributed by atoms with E-state index in [0.29, 0.717) is 22.9 Å². The lowest BCUT2D eigenvalue weighted by atomic mass is 10.1. The lowest BCUT2D eigenvalue weighted by Gasteiger charge is -2.12. The average Bonchev–Trinajstić information content (AvgIpc) is 2.65. The normalized spacial score (nSPS) is 10.3. The summed E-state index contributed by atoms with van der Waals surface area (Å²) in [4.78, 5) is 16.4. The fourth-order valence-electron chi connectivity index (χ4n) is 2.43. The molecule has 132 valence electrons. The number of carbonyl (C=O) groups is 1. The first-order chi connectivity index (χ1) is 12.6. The van der Waals surface area contributed by atoms with E-state index >= 15 is 0 Å². The van der Waals surface area contributed by atoms with Crippen LogP contribution in [0, 0.1) is 12.7 Å². The Hall–Kier alpha value is -3.41. The fourth-order valence-corrected chi connectivity index (χ4v) is 2.43. The number of hydrogen-bond acceptors (Lipinski definition) is 4. The zero-order valence-corrected chi connectivity index (χ0v) is 14.3. The zero-order chi connectivity index (χ0) is 18.5. The number of carbonyl (C=O) groups excluding carboxylic acids is 1. The van der Waals surface area contributed by atoms with Gasteiger partial charge in [0.1, 0.15) is 23.1 Å². The van der Waals surface area contributed by atoms with Gasteiger partial charge in [-0.25, -0.2) is 4.39 Å². The highest BCUT2D eigenvalue weighted by atomic mass is 19.1. The second kappa shape index (κ2) is 7.65. The van der Waals surface area contributed by atoms with Crippen LogP contribution in [0.5, 0.6) is 17.2 Å². The summed E-state index contributed by atoms with van der Waals surface area (Å²) >= 11 is 0. The van der Waals surface area contributed by atoms with Gasteiger partial charge in [-0.15, -0.1) is 0 Å². The molecule has 1 aromatic heterocycles. The molecule has 1 heterocycles. The first-order valence-electron chi connectivity index (χ1n) is 7.90. The summed E-state index contributed by atoms with van der Waals surface area (Å²) in [5.41, 5.74) is 1.52.